The van der Waals surface area contributed by atoms with E-state index in [1.165, 1.54) is 0 Å². The van der Waals surface area contributed by atoms with Crippen LogP contribution in [0.1, 0.15) is 31.9 Å². The van der Waals surface area contributed by atoms with Crippen LogP contribution in [0.3, 0.4) is 0 Å². The van der Waals surface area contributed by atoms with Gasteiger partial charge in [-0.25, -0.2) is 4.79 Å². The standard InChI is InChI=1S/C13H17NO3/c1-2-16-13(15)11-6-3-7-12(11)14-9-10-5-4-8-17-10/h4-5,8,14H,2-3,6-7,9H2,1H3. The SMILES string of the molecule is CCOC(=O)C1=C(NCc2ccco2)CCC1. The Labute approximate surface area is 101 Å². The van der Waals surface area contributed by atoms with E-state index in [4.69, 9.17) is 9.15 Å². The molecule has 0 unspecified atom stereocenters. The van der Waals surface area contributed by atoms with Gasteiger partial charge in [0.2, 0.25) is 0 Å². The summed E-state index contributed by atoms with van der Waals surface area (Å²) in [5.74, 6) is 0.680. The molecule has 0 saturated carbocycles. The molecular weight excluding hydrogens is 218 g/mol. The Morgan fingerprint density at radius 1 is 1.53 bits per heavy atom. The van der Waals surface area contributed by atoms with Gasteiger partial charge in [-0.05, 0) is 38.3 Å². The number of esters is 1. The summed E-state index contributed by atoms with van der Waals surface area (Å²) < 4.78 is 10.3. The molecule has 1 aliphatic rings. The highest BCUT2D eigenvalue weighted by Crippen LogP contribution is 2.25. The molecule has 0 bridgehead atoms. The van der Waals surface area contributed by atoms with Gasteiger partial charge >= 0.3 is 5.97 Å². The molecule has 1 N–H and O–H groups in total. The van der Waals surface area contributed by atoms with Gasteiger partial charge in [-0.3, -0.25) is 0 Å². The molecule has 2 rings (SSSR count). The third-order valence-corrected chi connectivity index (χ3v) is 2.80. The number of rotatable bonds is 5. The van der Waals surface area contributed by atoms with E-state index in [1.54, 1.807) is 6.26 Å². The molecule has 0 spiro atoms. The van der Waals surface area contributed by atoms with Crippen LogP contribution in [0.2, 0.25) is 0 Å². The summed E-state index contributed by atoms with van der Waals surface area (Å²) >= 11 is 0. The number of ether oxygens (including phenoxy) is 1. The molecule has 0 aliphatic heterocycles. The van der Waals surface area contributed by atoms with Gasteiger partial charge in [0.1, 0.15) is 5.76 Å². The minimum absolute atomic E-state index is 0.188. The maximum atomic E-state index is 11.7. The maximum Gasteiger partial charge on any atom is 0.335 e. The van der Waals surface area contributed by atoms with Crippen molar-refractivity contribution in [2.24, 2.45) is 0 Å². The average molecular weight is 235 g/mol. The van der Waals surface area contributed by atoms with Crippen molar-refractivity contribution in [2.45, 2.75) is 32.7 Å². The third-order valence-electron chi connectivity index (χ3n) is 2.80. The fourth-order valence-corrected chi connectivity index (χ4v) is 1.99. The average Bonchev–Trinajstić information content (AvgIpc) is 2.98. The molecule has 17 heavy (non-hydrogen) atoms. The van der Waals surface area contributed by atoms with Crippen LogP contribution in [0.15, 0.2) is 34.1 Å². The fraction of sp³-hybridized carbons (Fsp3) is 0.462. The quantitative estimate of drug-likeness (QED) is 0.796. The Bertz CT molecular complexity index is 406. The summed E-state index contributed by atoms with van der Waals surface area (Å²) in [6.45, 7) is 2.86. The Hall–Kier alpha value is -1.71. The van der Waals surface area contributed by atoms with Gasteiger partial charge in [0.15, 0.2) is 0 Å². The summed E-state index contributed by atoms with van der Waals surface area (Å²) in [5, 5.41) is 3.26. The second kappa shape index (κ2) is 5.57. The lowest BCUT2D eigenvalue weighted by Gasteiger charge is -2.08. The molecule has 0 saturated heterocycles. The van der Waals surface area contributed by atoms with E-state index < -0.39 is 0 Å². The number of nitrogens with one attached hydrogen (secondary N) is 1. The number of allylic oxidation sites excluding steroid dienone is 1. The van der Waals surface area contributed by atoms with Crippen LogP contribution in [0.25, 0.3) is 0 Å². The zero-order chi connectivity index (χ0) is 12.1. The highest BCUT2D eigenvalue weighted by molar-refractivity contribution is 5.89. The van der Waals surface area contributed by atoms with Crippen LogP contribution in [0.5, 0.6) is 0 Å². The van der Waals surface area contributed by atoms with Crippen LogP contribution >= 0.6 is 0 Å². The first-order valence-corrected chi connectivity index (χ1v) is 5.96. The van der Waals surface area contributed by atoms with Crippen molar-refractivity contribution in [1.29, 1.82) is 0 Å². The molecule has 1 aromatic heterocycles. The minimum atomic E-state index is -0.188. The van der Waals surface area contributed by atoms with E-state index in [0.29, 0.717) is 13.2 Å². The zero-order valence-electron chi connectivity index (χ0n) is 9.99. The molecule has 0 aromatic carbocycles. The van der Waals surface area contributed by atoms with E-state index in [2.05, 4.69) is 5.32 Å². The molecule has 0 fully saturated rings. The Morgan fingerprint density at radius 2 is 2.41 bits per heavy atom. The smallest absolute Gasteiger partial charge is 0.335 e. The number of carbonyl (C=O) groups excluding carboxylic acids is 1. The zero-order valence-corrected chi connectivity index (χ0v) is 9.99. The van der Waals surface area contributed by atoms with Crippen LogP contribution in [-0.4, -0.2) is 12.6 Å². The first-order chi connectivity index (χ1) is 8.31. The van der Waals surface area contributed by atoms with Crippen molar-refractivity contribution >= 4 is 5.97 Å². The van der Waals surface area contributed by atoms with E-state index in [-0.39, 0.29) is 5.97 Å². The van der Waals surface area contributed by atoms with Crippen molar-refractivity contribution in [1.82, 2.24) is 5.32 Å². The molecule has 92 valence electrons. The summed E-state index contributed by atoms with van der Waals surface area (Å²) in [5.41, 5.74) is 1.79. The van der Waals surface area contributed by atoms with Crippen LogP contribution in [-0.2, 0) is 16.1 Å². The fourth-order valence-electron chi connectivity index (χ4n) is 1.99. The third kappa shape index (κ3) is 2.90. The largest absolute Gasteiger partial charge is 0.467 e. The first kappa shape index (κ1) is 11.8. The summed E-state index contributed by atoms with van der Waals surface area (Å²) in [6, 6.07) is 3.76. The van der Waals surface area contributed by atoms with Crippen molar-refractivity contribution in [3.63, 3.8) is 0 Å². The predicted molar refractivity (Wildman–Crippen MR) is 63.1 cm³/mol. The molecule has 1 aliphatic carbocycles. The second-order valence-electron chi connectivity index (χ2n) is 3.96. The van der Waals surface area contributed by atoms with Gasteiger partial charge < -0.3 is 14.5 Å². The van der Waals surface area contributed by atoms with Gasteiger partial charge in [-0.15, -0.1) is 0 Å². The van der Waals surface area contributed by atoms with Gasteiger partial charge in [0.25, 0.3) is 0 Å². The molecule has 0 atom stereocenters. The van der Waals surface area contributed by atoms with Crippen molar-refractivity contribution in [2.75, 3.05) is 6.61 Å². The normalized spacial score (nSPS) is 15.1. The molecule has 1 aromatic rings. The number of hydrogen-bond acceptors (Lipinski definition) is 4. The molecular formula is C13H17NO3. The lowest BCUT2D eigenvalue weighted by Crippen LogP contribution is -2.16. The summed E-state index contributed by atoms with van der Waals surface area (Å²) in [7, 11) is 0. The van der Waals surface area contributed by atoms with E-state index in [0.717, 1.165) is 36.3 Å². The first-order valence-electron chi connectivity index (χ1n) is 5.96. The van der Waals surface area contributed by atoms with E-state index in [9.17, 15) is 4.79 Å². The Kier molecular flexibility index (Phi) is 3.85. The number of hydrogen-bond donors (Lipinski definition) is 1. The lowest BCUT2D eigenvalue weighted by molar-refractivity contribution is -0.138. The van der Waals surface area contributed by atoms with E-state index in [1.807, 2.05) is 19.1 Å². The highest BCUT2D eigenvalue weighted by Gasteiger charge is 2.21. The van der Waals surface area contributed by atoms with Crippen LogP contribution in [0.4, 0.5) is 0 Å². The van der Waals surface area contributed by atoms with Crippen molar-refractivity contribution < 1.29 is 13.9 Å². The monoisotopic (exact) mass is 235 g/mol. The highest BCUT2D eigenvalue weighted by atomic mass is 16.5. The second-order valence-corrected chi connectivity index (χ2v) is 3.96. The van der Waals surface area contributed by atoms with Crippen LogP contribution < -0.4 is 5.32 Å². The molecule has 0 amide bonds. The number of carbonyl (C=O) groups is 1. The molecule has 4 heteroatoms. The Balaban J connectivity index is 1.97. The number of furan rings is 1. The lowest BCUT2D eigenvalue weighted by atomic mass is 10.2. The molecule has 4 nitrogen and oxygen atoms in total. The van der Waals surface area contributed by atoms with Gasteiger partial charge in [-0.1, -0.05) is 0 Å². The molecule has 1 heterocycles. The maximum absolute atomic E-state index is 11.7. The topological polar surface area (TPSA) is 51.5 Å². The minimum Gasteiger partial charge on any atom is -0.467 e. The van der Waals surface area contributed by atoms with Crippen molar-refractivity contribution in [3.8, 4) is 0 Å². The van der Waals surface area contributed by atoms with Crippen molar-refractivity contribution in [3.05, 3.63) is 35.4 Å². The van der Waals surface area contributed by atoms with Gasteiger partial charge in [0, 0.05) is 5.70 Å². The van der Waals surface area contributed by atoms with E-state index >= 15 is 0 Å². The molecule has 0 radical (unpaired) electrons. The van der Waals surface area contributed by atoms with Gasteiger partial charge in [0.05, 0.1) is 25.0 Å². The summed E-state index contributed by atoms with van der Waals surface area (Å²) in [4.78, 5) is 11.7. The summed E-state index contributed by atoms with van der Waals surface area (Å²) in [6.07, 6.45) is 4.37. The Morgan fingerprint density at radius 3 is 3.12 bits per heavy atom. The van der Waals surface area contributed by atoms with Gasteiger partial charge in [-0.2, -0.15) is 0 Å². The van der Waals surface area contributed by atoms with Crippen LogP contribution in [0, 0.1) is 0 Å². The predicted octanol–water partition coefficient (Wildman–Crippen LogP) is 2.37.